The monoisotopic (exact) mass is 348 g/mol. The maximum absolute atomic E-state index is 12.1. The first-order valence-electron chi connectivity index (χ1n) is 8.44. The van der Waals surface area contributed by atoms with Crippen LogP contribution in [0.25, 0.3) is 11.3 Å². The normalized spacial score (nSPS) is 16.6. The molecule has 3 rings (SSSR count). The molecule has 2 heterocycles. The van der Waals surface area contributed by atoms with E-state index in [-0.39, 0.29) is 18.3 Å². The minimum Gasteiger partial charge on any atom is -0.451 e. The molecule has 2 N–H and O–H groups in total. The van der Waals surface area contributed by atoms with Crippen LogP contribution in [0.1, 0.15) is 35.9 Å². The second-order valence-electron chi connectivity index (χ2n) is 6.12. The van der Waals surface area contributed by atoms with E-state index in [1.54, 1.807) is 6.07 Å². The third-order valence-electron chi connectivity index (χ3n) is 4.48. The molecular formula is C19H25ClN2O2. The van der Waals surface area contributed by atoms with E-state index in [9.17, 15) is 4.79 Å². The van der Waals surface area contributed by atoms with Crippen LogP contribution in [0.2, 0.25) is 0 Å². The number of nitrogens with one attached hydrogen (secondary N) is 2. The molecule has 1 unspecified atom stereocenters. The van der Waals surface area contributed by atoms with Gasteiger partial charge in [0, 0.05) is 12.1 Å². The highest BCUT2D eigenvalue weighted by atomic mass is 35.5. The van der Waals surface area contributed by atoms with E-state index < -0.39 is 0 Å². The zero-order chi connectivity index (χ0) is 16.1. The molecule has 0 aliphatic carbocycles. The number of carbonyl (C=O) groups excluding carboxylic acids is 1. The minimum absolute atomic E-state index is 0. The Bertz CT molecular complexity index is 646. The first-order chi connectivity index (χ1) is 11.3. The Morgan fingerprint density at radius 3 is 2.71 bits per heavy atom. The molecule has 1 saturated heterocycles. The highest BCUT2D eigenvalue weighted by Crippen LogP contribution is 2.22. The largest absolute Gasteiger partial charge is 0.451 e. The number of hydrogen-bond acceptors (Lipinski definition) is 3. The Morgan fingerprint density at radius 2 is 2.04 bits per heavy atom. The van der Waals surface area contributed by atoms with Crippen molar-refractivity contribution < 1.29 is 9.21 Å². The molecule has 1 aliphatic heterocycles. The van der Waals surface area contributed by atoms with Gasteiger partial charge < -0.3 is 15.1 Å². The molecule has 0 radical (unpaired) electrons. The van der Waals surface area contributed by atoms with E-state index in [2.05, 4.69) is 29.7 Å². The molecule has 1 aromatic carbocycles. The fourth-order valence-electron chi connectivity index (χ4n) is 2.96. The Labute approximate surface area is 149 Å². The van der Waals surface area contributed by atoms with Crippen molar-refractivity contribution in [2.24, 2.45) is 5.92 Å². The van der Waals surface area contributed by atoms with Crippen LogP contribution in [0.4, 0.5) is 0 Å². The molecule has 5 heteroatoms. The van der Waals surface area contributed by atoms with Crippen LogP contribution in [-0.2, 0) is 6.42 Å². The summed E-state index contributed by atoms with van der Waals surface area (Å²) < 4.78 is 5.70. The Hall–Kier alpha value is -1.78. The fraction of sp³-hybridized carbons (Fsp3) is 0.421. The molecule has 0 spiro atoms. The molecule has 1 aromatic heterocycles. The van der Waals surface area contributed by atoms with E-state index >= 15 is 0 Å². The fourth-order valence-corrected chi connectivity index (χ4v) is 2.96. The van der Waals surface area contributed by atoms with Gasteiger partial charge in [-0.05, 0) is 56.0 Å². The lowest BCUT2D eigenvalue weighted by atomic mass is 10.1. The average Bonchev–Trinajstić information content (AvgIpc) is 3.26. The van der Waals surface area contributed by atoms with E-state index in [1.807, 2.05) is 18.2 Å². The van der Waals surface area contributed by atoms with Crippen LogP contribution >= 0.6 is 12.4 Å². The van der Waals surface area contributed by atoms with Gasteiger partial charge in [-0.15, -0.1) is 12.4 Å². The number of hydrogen-bond donors (Lipinski definition) is 2. The van der Waals surface area contributed by atoms with Gasteiger partial charge in [-0.3, -0.25) is 4.79 Å². The molecule has 1 amide bonds. The summed E-state index contributed by atoms with van der Waals surface area (Å²) >= 11 is 0. The molecule has 2 aromatic rings. The molecule has 130 valence electrons. The average molecular weight is 349 g/mol. The number of benzene rings is 1. The van der Waals surface area contributed by atoms with E-state index in [4.69, 9.17) is 4.42 Å². The summed E-state index contributed by atoms with van der Waals surface area (Å²) in [6.45, 7) is 4.99. The number of aryl methyl sites for hydroxylation is 1. The number of furan rings is 1. The van der Waals surface area contributed by atoms with Crippen LogP contribution in [0.3, 0.4) is 0 Å². The summed E-state index contributed by atoms with van der Waals surface area (Å²) in [4.78, 5) is 12.1. The van der Waals surface area contributed by atoms with E-state index in [1.165, 1.54) is 12.0 Å². The number of carbonyl (C=O) groups is 1. The Kier molecular flexibility index (Phi) is 6.88. The quantitative estimate of drug-likeness (QED) is 0.837. The van der Waals surface area contributed by atoms with Crippen molar-refractivity contribution in [3.8, 4) is 11.3 Å². The predicted molar refractivity (Wildman–Crippen MR) is 98.7 cm³/mol. The SMILES string of the molecule is CCc1ccc(-c2ccc(C(=O)NCCC3CCNC3)o2)cc1.Cl. The maximum atomic E-state index is 12.1. The van der Waals surface area contributed by atoms with Gasteiger partial charge in [0.25, 0.3) is 5.91 Å². The zero-order valence-electron chi connectivity index (χ0n) is 14.0. The van der Waals surface area contributed by atoms with Crippen molar-refractivity contribution in [2.45, 2.75) is 26.2 Å². The molecule has 1 aliphatic rings. The topological polar surface area (TPSA) is 54.3 Å². The van der Waals surface area contributed by atoms with Crippen LogP contribution in [0, 0.1) is 5.92 Å². The van der Waals surface area contributed by atoms with Gasteiger partial charge in [0.2, 0.25) is 0 Å². The molecule has 4 nitrogen and oxygen atoms in total. The number of amides is 1. The van der Waals surface area contributed by atoms with Crippen molar-refractivity contribution in [3.63, 3.8) is 0 Å². The first kappa shape index (κ1) is 18.6. The molecule has 24 heavy (non-hydrogen) atoms. The summed E-state index contributed by atoms with van der Waals surface area (Å²) in [5.41, 5.74) is 2.29. The summed E-state index contributed by atoms with van der Waals surface area (Å²) in [7, 11) is 0. The second-order valence-corrected chi connectivity index (χ2v) is 6.12. The highest BCUT2D eigenvalue weighted by molar-refractivity contribution is 5.92. The summed E-state index contributed by atoms with van der Waals surface area (Å²) in [5, 5.41) is 6.29. The minimum atomic E-state index is -0.132. The Morgan fingerprint density at radius 1 is 1.25 bits per heavy atom. The van der Waals surface area contributed by atoms with Gasteiger partial charge in [-0.1, -0.05) is 31.2 Å². The van der Waals surface area contributed by atoms with Gasteiger partial charge in [-0.2, -0.15) is 0 Å². The molecular weight excluding hydrogens is 324 g/mol. The van der Waals surface area contributed by atoms with Gasteiger partial charge >= 0.3 is 0 Å². The first-order valence-corrected chi connectivity index (χ1v) is 8.44. The summed E-state index contributed by atoms with van der Waals surface area (Å²) in [6, 6.07) is 11.9. The lowest BCUT2D eigenvalue weighted by Gasteiger charge is -2.08. The van der Waals surface area contributed by atoms with E-state index in [0.29, 0.717) is 18.2 Å². The molecule has 0 saturated carbocycles. The Balaban J connectivity index is 0.00000208. The molecule has 1 fully saturated rings. The maximum Gasteiger partial charge on any atom is 0.287 e. The molecule has 1 atom stereocenters. The van der Waals surface area contributed by atoms with Crippen molar-refractivity contribution in [3.05, 3.63) is 47.7 Å². The van der Waals surface area contributed by atoms with Crippen LogP contribution in [0.5, 0.6) is 0 Å². The summed E-state index contributed by atoms with van der Waals surface area (Å²) in [6.07, 6.45) is 3.24. The number of halogens is 1. The lowest BCUT2D eigenvalue weighted by Crippen LogP contribution is -2.26. The molecule has 0 bridgehead atoms. The van der Waals surface area contributed by atoms with Crippen LogP contribution in [-0.4, -0.2) is 25.5 Å². The number of rotatable bonds is 6. The van der Waals surface area contributed by atoms with Gasteiger partial charge in [0.05, 0.1) is 0 Å². The van der Waals surface area contributed by atoms with Crippen molar-refractivity contribution in [1.29, 1.82) is 0 Å². The lowest BCUT2D eigenvalue weighted by molar-refractivity contribution is 0.0925. The zero-order valence-corrected chi connectivity index (χ0v) is 14.8. The highest BCUT2D eigenvalue weighted by Gasteiger charge is 2.16. The van der Waals surface area contributed by atoms with Crippen molar-refractivity contribution >= 4 is 18.3 Å². The smallest absolute Gasteiger partial charge is 0.287 e. The summed E-state index contributed by atoms with van der Waals surface area (Å²) in [5.74, 6) is 1.66. The third kappa shape index (κ3) is 4.62. The van der Waals surface area contributed by atoms with E-state index in [0.717, 1.165) is 37.3 Å². The van der Waals surface area contributed by atoms with Crippen molar-refractivity contribution in [1.82, 2.24) is 10.6 Å². The van der Waals surface area contributed by atoms with Crippen molar-refractivity contribution in [2.75, 3.05) is 19.6 Å². The predicted octanol–water partition coefficient (Wildman–Crippen LogP) is 3.66. The van der Waals surface area contributed by atoms with Crippen LogP contribution < -0.4 is 10.6 Å². The van der Waals surface area contributed by atoms with Crippen LogP contribution in [0.15, 0.2) is 40.8 Å². The van der Waals surface area contributed by atoms with Gasteiger partial charge in [0.1, 0.15) is 5.76 Å². The third-order valence-corrected chi connectivity index (χ3v) is 4.48. The standard InChI is InChI=1S/C19H24N2O2.ClH/c1-2-14-3-5-16(6-4-14)17-7-8-18(23-17)19(22)21-12-10-15-9-11-20-13-15;/h3-8,15,20H,2,9-13H2,1H3,(H,21,22);1H. The van der Waals surface area contributed by atoms with Gasteiger partial charge in [0.15, 0.2) is 5.76 Å². The van der Waals surface area contributed by atoms with Gasteiger partial charge in [-0.25, -0.2) is 0 Å². The second kappa shape index (κ2) is 8.90.